The van der Waals surface area contributed by atoms with Gasteiger partial charge in [0.05, 0.1) is 24.5 Å². The summed E-state index contributed by atoms with van der Waals surface area (Å²) in [6.07, 6.45) is -0.833. The lowest BCUT2D eigenvalue weighted by Crippen LogP contribution is -2.49. The first-order valence-electron chi connectivity index (χ1n) is 11.4. The molecule has 0 aromatic carbocycles. The zero-order chi connectivity index (χ0) is 22.8. The Morgan fingerprint density at radius 3 is 2.53 bits per heavy atom. The molecule has 0 unspecified atom stereocenters. The second kappa shape index (κ2) is 7.73. The van der Waals surface area contributed by atoms with Crippen LogP contribution in [0.5, 0.6) is 0 Å². The van der Waals surface area contributed by atoms with Gasteiger partial charge in [-0.1, -0.05) is 0 Å². The number of nitrogens with two attached hydrogens (primary N) is 1. The Hall–Kier alpha value is -2.13. The van der Waals surface area contributed by atoms with E-state index in [4.69, 9.17) is 10.5 Å². The monoisotopic (exact) mass is 449 g/mol. The van der Waals surface area contributed by atoms with E-state index >= 15 is 0 Å². The molecule has 9 heteroatoms. The van der Waals surface area contributed by atoms with E-state index in [2.05, 4.69) is 35.8 Å². The van der Waals surface area contributed by atoms with E-state index in [1.807, 2.05) is 10.7 Å². The van der Waals surface area contributed by atoms with Gasteiger partial charge in [0, 0.05) is 48.0 Å². The van der Waals surface area contributed by atoms with Gasteiger partial charge in [-0.15, -0.1) is 0 Å². The van der Waals surface area contributed by atoms with Gasteiger partial charge in [-0.05, 0) is 57.6 Å². The molecule has 2 aromatic rings. The Balaban J connectivity index is 1.38. The minimum absolute atomic E-state index is 0.124. The van der Waals surface area contributed by atoms with Crippen LogP contribution in [0, 0.1) is 11.8 Å². The molecule has 3 fully saturated rings. The van der Waals surface area contributed by atoms with Crippen molar-refractivity contribution in [3.05, 3.63) is 29.6 Å². The van der Waals surface area contributed by atoms with Crippen LogP contribution in [0.15, 0.2) is 18.3 Å². The number of nitrogen functional groups attached to an aromatic ring is 1. The molecule has 5 atom stereocenters. The zero-order valence-electron chi connectivity index (χ0n) is 18.6. The lowest BCUT2D eigenvalue weighted by molar-refractivity contribution is -0.137. The predicted octanol–water partition coefficient (Wildman–Crippen LogP) is 4.34. The molecular weight excluding hydrogens is 419 g/mol. The van der Waals surface area contributed by atoms with Crippen LogP contribution in [0.25, 0.3) is 11.3 Å². The van der Waals surface area contributed by atoms with Crippen molar-refractivity contribution in [1.82, 2.24) is 19.7 Å². The maximum atomic E-state index is 13.3. The smallest absolute Gasteiger partial charge is 0.383 e. The van der Waals surface area contributed by atoms with E-state index in [1.54, 1.807) is 0 Å². The van der Waals surface area contributed by atoms with E-state index in [1.165, 1.54) is 19.0 Å². The van der Waals surface area contributed by atoms with Crippen molar-refractivity contribution in [2.24, 2.45) is 11.8 Å². The number of alkyl halides is 3. The first-order chi connectivity index (χ1) is 15.1. The topological polar surface area (TPSA) is 69.2 Å². The van der Waals surface area contributed by atoms with E-state index in [-0.39, 0.29) is 6.04 Å². The number of hydrogen-bond donors (Lipinski definition) is 1. The van der Waals surface area contributed by atoms with Crippen LogP contribution in [-0.4, -0.2) is 51.5 Å². The Kier molecular flexibility index (Phi) is 5.24. The number of pyridine rings is 1. The molecule has 0 radical (unpaired) electrons. The van der Waals surface area contributed by atoms with Crippen LogP contribution in [0.3, 0.4) is 0 Å². The molecule has 3 heterocycles. The Morgan fingerprint density at radius 2 is 1.91 bits per heavy atom. The fraction of sp³-hybridized carbons (Fsp3) is 0.652. The highest BCUT2D eigenvalue weighted by molar-refractivity contribution is 5.63. The summed E-state index contributed by atoms with van der Waals surface area (Å²) >= 11 is 0. The summed E-state index contributed by atoms with van der Waals surface area (Å²) < 4.78 is 47.5. The molecule has 2 aliphatic carbocycles. The Bertz CT molecular complexity index is 992. The third kappa shape index (κ3) is 3.69. The third-order valence-corrected chi connectivity index (χ3v) is 7.42. The minimum atomic E-state index is -4.55. The highest BCUT2D eigenvalue weighted by Crippen LogP contribution is 2.64. The van der Waals surface area contributed by atoms with Crippen LogP contribution >= 0.6 is 0 Å². The van der Waals surface area contributed by atoms with E-state index in [0.29, 0.717) is 41.1 Å². The van der Waals surface area contributed by atoms with Crippen molar-refractivity contribution in [2.45, 2.75) is 63.8 Å². The molecule has 32 heavy (non-hydrogen) atoms. The van der Waals surface area contributed by atoms with Gasteiger partial charge in [0.25, 0.3) is 0 Å². The van der Waals surface area contributed by atoms with Gasteiger partial charge in [-0.25, -0.2) is 4.98 Å². The maximum Gasteiger partial charge on any atom is 0.419 e. The SMILES string of the molecule is CC(C)n1nc(-c2cnc(N)c(C(F)(F)F)c2)cc1[C@H]1[C@@H]2C[C@@H](N3CCOC[C@H]3C)C[C@@H]21. The zero-order valence-corrected chi connectivity index (χ0v) is 18.6. The molecule has 2 saturated carbocycles. The lowest BCUT2D eigenvalue weighted by atomic mass is 10.0. The molecule has 1 aliphatic heterocycles. The fourth-order valence-corrected chi connectivity index (χ4v) is 5.86. The highest BCUT2D eigenvalue weighted by atomic mass is 19.4. The number of nitrogens with zero attached hydrogens (tertiary/aromatic N) is 4. The first-order valence-corrected chi connectivity index (χ1v) is 11.4. The molecule has 1 saturated heterocycles. The van der Waals surface area contributed by atoms with Crippen molar-refractivity contribution < 1.29 is 17.9 Å². The summed E-state index contributed by atoms with van der Waals surface area (Å²) in [5.41, 5.74) is 6.55. The van der Waals surface area contributed by atoms with Gasteiger partial charge in [-0.2, -0.15) is 18.3 Å². The van der Waals surface area contributed by atoms with Crippen molar-refractivity contribution in [3.63, 3.8) is 0 Å². The quantitative estimate of drug-likeness (QED) is 0.752. The molecule has 3 aliphatic rings. The largest absolute Gasteiger partial charge is 0.419 e. The molecule has 0 spiro atoms. The molecule has 174 valence electrons. The number of aromatic nitrogens is 3. The summed E-state index contributed by atoms with van der Waals surface area (Å²) in [6.45, 7) is 8.94. The number of morpholine rings is 1. The molecule has 0 bridgehead atoms. The van der Waals surface area contributed by atoms with E-state index in [0.717, 1.165) is 31.5 Å². The molecule has 2 aromatic heterocycles. The summed E-state index contributed by atoms with van der Waals surface area (Å²) in [4.78, 5) is 6.38. The van der Waals surface area contributed by atoms with Gasteiger partial charge >= 0.3 is 6.18 Å². The number of halogens is 3. The molecule has 2 N–H and O–H groups in total. The average molecular weight is 450 g/mol. The van der Waals surface area contributed by atoms with Crippen LogP contribution in [0.4, 0.5) is 19.0 Å². The third-order valence-electron chi connectivity index (χ3n) is 7.42. The van der Waals surface area contributed by atoms with Gasteiger partial charge in [0.1, 0.15) is 5.82 Å². The fourth-order valence-electron chi connectivity index (χ4n) is 5.86. The number of ether oxygens (including phenoxy) is 1. The first kappa shape index (κ1) is 21.7. The predicted molar refractivity (Wildman–Crippen MR) is 115 cm³/mol. The van der Waals surface area contributed by atoms with Crippen molar-refractivity contribution >= 4 is 5.82 Å². The van der Waals surface area contributed by atoms with Crippen molar-refractivity contribution in [2.75, 3.05) is 25.5 Å². The molecule has 6 nitrogen and oxygen atoms in total. The van der Waals surface area contributed by atoms with E-state index < -0.39 is 17.6 Å². The van der Waals surface area contributed by atoms with E-state index in [9.17, 15) is 13.2 Å². The van der Waals surface area contributed by atoms with Gasteiger partial charge in [0.15, 0.2) is 0 Å². The average Bonchev–Trinajstić information content (AvgIpc) is 3.07. The van der Waals surface area contributed by atoms with Gasteiger partial charge in [0.2, 0.25) is 0 Å². The van der Waals surface area contributed by atoms with Crippen molar-refractivity contribution in [3.8, 4) is 11.3 Å². The van der Waals surface area contributed by atoms with Gasteiger partial charge in [-0.3, -0.25) is 9.58 Å². The minimum Gasteiger partial charge on any atom is -0.383 e. The number of fused-ring (bicyclic) bond motifs is 1. The Morgan fingerprint density at radius 1 is 1.19 bits per heavy atom. The Labute approximate surface area is 185 Å². The van der Waals surface area contributed by atoms with Crippen LogP contribution in [0.1, 0.15) is 56.8 Å². The second-order valence-electron chi connectivity index (χ2n) is 9.79. The number of anilines is 1. The molecule has 5 rings (SSSR count). The summed E-state index contributed by atoms with van der Waals surface area (Å²) in [6, 6.07) is 4.20. The standard InChI is InChI=1S/C23H30F3N5O/c1-12(2)31-20(9-19(29-31)14-6-18(23(24,25)26)22(27)28-10-14)21-16-7-15(8-17(16)21)30-4-5-32-11-13(30)3/h6,9-10,12-13,15-17,21H,4-5,7-8,11H2,1-3H3,(H2,27,28)/t13-,15-,16-,17+,21+/m1/s1. The second-order valence-corrected chi connectivity index (χ2v) is 9.79. The summed E-state index contributed by atoms with van der Waals surface area (Å²) in [7, 11) is 0. The highest BCUT2D eigenvalue weighted by Gasteiger charge is 2.59. The van der Waals surface area contributed by atoms with Crippen LogP contribution in [0.2, 0.25) is 0 Å². The van der Waals surface area contributed by atoms with Crippen LogP contribution in [-0.2, 0) is 10.9 Å². The molecular formula is C23H30F3N5O. The van der Waals surface area contributed by atoms with Crippen molar-refractivity contribution in [1.29, 1.82) is 0 Å². The van der Waals surface area contributed by atoms with Gasteiger partial charge < -0.3 is 10.5 Å². The molecule has 0 amide bonds. The summed E-state index contributed by atoms with van der Waals surface area (Å²) in [5, 5.41) is 4.68. The maximum absolute atomic E-state index is 13.3. The normalized spacial score (nSPS) is 30.7. The number of hydrogen-bond acceptors (Lipinski definition) is 5. The summed E-state index contributed by atoms with van der Waals surface area (Å²) in [5.74, 6) is 1.15. The number of rotatable bonds is 4. The van der Waals surface area contributed by atoms with Crippen LogP contribution < -0.4 is 5.73 Å². The lowest BCUT2D eigenvalue weighted by Gasteiger charge is -2.38.